The first kappa shape index (κ1) is 15.4. The average Bonchev–Trinajstić information content (AvgIpc) is 2.94. The molecule has 5 N–H and O–H groups in total. The number of hydrogen-bond acceptors (Lipinski definition) is 5. The molecule has 3 rings (SSSR count). The van der Waals surface area contributed by atoms with Crippen molar-refractivity contribution in [2.75, 3.05) is 18.6 Å². The SMILES string of the molecule is COC(=O)c1ccc(C2(c3c(N)n[nH]c3N)CCCCC2)cc1. The molecule has 0 amide bonds. The minimum atomic E-state index is -0.336. The Kier molecular flexibility index (Phi) is 3.98. The summed E-state index contributed by atoms with van der Waals surface area (Å²) in [6.07, 6.45) is 5.38. The predicted octanol–water partition coefficient (Wildman–Crippen LogP) is 2.61. The second-order valence-electron chi connectivity index (χ2n) is 6.11. The van der Waals surface area contributed by atoms with E-state index in [2.05, 4.69) is 10.2 Å². The zero-order valence-electron chi connectivity index (χ0n) is 13.3. The maximum absolute atomic E-state index is 11.6. The minimum absolute atomic E-state index is 0.242. The molecule has 2 aromatic rings. The fourth-order valence-electron chi connectivity index (χ4n) is 3.75. The summed E-state index contributed by atoms with van der Waals surface area (Å²) < 4.78 is 4.76. The summed E-state index contributed by atoms with van der Waals surface area (Å²) in [6.45, 7) is 0. The lowest BCUT2D eigenvalue weighted by Crippen LogP contribution is -2.32. The van der Waals surface area contributed by atoms with Gasteiger partial charge in [-0.1, -0.05) is 31.4 Å². The summed E-state index contributed by atoms with van der Waals surface area (Å²) in [6, 6.07) is 7.54. The van der Waals surface area contributed by atoms with Crippen molar-refractivity contribution in [3.8, 4) is 0 Å². The number of carbonyl (C=O) groups is 1. The van der Waals surface area contributed by atoms with Gasteiger partial charge in [0.25, 0.3) is 0 Å². The summed E-state index contributed by atoms with van der Waals surface area (Å²) in [7, 11) is 1.38. The van der Waals surface area contributed by atoms with E-state index in [1.54, 1.807) is 12.1 Å². The monoisotopic (exact) mass is 314 g/mol. The number of ether oxygens (including phenoxy) is 1. The van der Waals surface area contributed by atoms with Gasteiger partial charge in [0.15, 0.2) is 5.82 Å². The van der Waals surface area contributed by atoms with Crippen LogP contribution < -0.4 is 11.5 Å². The Morgan fingerprint density at radius 1 is 1.17 bits per heavy atom. The largest absolute Gasteiger partial charge is 0.465 e. The molecule has 1 fully saturated rings. The number of benzene rings is 1. The first-order valence-electron chi connectivity index (χ1n) is 7.87. The zero-order valence-corrected chi connectivity index (χ0v) is 13.3. The molecule has 0 aliphatic heterocycles. The highest BCUT2D eigenvalue weighted by molar-refractivity contribution is 5.89. The fraction of sp³-hybridized carbons (Fsp3) is 0.412. The number of H-pyrrole nitrogens is 1. The van der Waals surface area contributed by atoms with E-state index in [-0.39, 0.29) is 11.4 Å². The van der Waals surface area contributed by atoms with Gasteiger partial charge in [-0.25, -0.2) is 4.79 Å². The molecule has 0 radical (unpaired) electrons. The van der Waals surface area contributed by atoms with E-state index in [4.69, 9.17) is 16.2 Å². The molecule has 1 aromatic heterocycles. The van der Waals surface area contributed by atoms with E-state index >= 15 is 0 Å². The van der Waals surface area contributed by atoms with Gasteiger partial charge in [-0.2, -0.15) is 5.10 Å². The van der Waals surface area contributed by atoms with E-state index in [1.165, 1.54) is 13.5 Å². The lowest BCUT2D eigenvalue weighted by molar-refractivity contribution is 0.0600. The normalized spacial score (nSPS) is 16.9. The van der Waals surface area contributed by atoms with Crippen LogP contribution in [0.25, 0.3) is 0 Å². The molecule has 1 heterocycles. The summed E-state index contributed by atoms with van der Waals surface area (Å²) in [5.41, 5.74) is 14.5. The topological polar surface area (TPSA) is 107 Å². The number of nitrogens with zero attached hydrogens (tertiary/aromatic N) is 1. The number of aromatic amines is 1. The van der Waals surface area contributed by atoms with Crippen molar-refractivity contribution in [1.29, 1.82) is 0 Å². The molecule has 0 atom stereocenters. The van der Waals surface area contributed by atoms with Gasteiger partial charge in [0.1, 0.15) is 5.82 Å². The number of hydrogen-bond donors (Lipinski definition) is 3. The van der Waals surface area contributed by atoms with Crippen LogP contribution in [0, 0.1) is 0 Å². The van der Waals surface area contributed by atoms with Crippen LogP contribution in [-0.4, -0.2) is 23.3 Å². The van der Waals surface area contributed by atoms with Crippen LogP contribution in [0.2, 0.25) is 0 Å². The number of nitrogens with one attached hydrogen (secondary N) is 1. The van der Waals surface area contributed by atoms with Gasteiger partial charge in [-0.15, -0.1) is 0 Å². The molecule has 0 unspecified atom stereocenters. The Balaban J connectivity index is 2.08. The lowest BCUT2D eigenvalue weighted by atomic mass is 9.65. The Labute approximate surface area is 135 Å². The second kappa shape index (κ2) is 5.95. The number of aromatic nitrogens is 2. The van der Waals surface area contributed by atoms with Crippen molar-refractivity contribution in [2.45, 2.75) is 37.5 Å². The van der Waals surface area contributed by atoms with E-state index < -0.39 is 0 Å². The number of esters is 1. The lowest BCUT2D eigenvalue weighted by Gasteiger charge is -2.38. The fourth-order valence-corrected chi connectivity index (χ4v) is 3.75. The van der Waals surface area contributed by atoms with Gasteiger partial charge in [0.2, 0.25) is 0 Å². The van der Waals surface area contributed by atoms with E-state index in [9.17, 15) is 4.79 Å². The number of anilines is 2. The Bertz CT molecular complexity index is 680. The third-order valence-corrected chi connectivity index (χ3v) is 4.87. The summed E-state index contributed by atoms with van der Waals surface area (Å²) >= 11 is 0. The molecule has 122 valence electrons. The molecule has 1 aliphatic rings. The highest BCUT2D eigenvalue weighted by Gasteiger charge is 2.40. The number of nitrogen functional groups attached to an aromatic ring is 2. The van der Waals surface area contributed by atoms with Crippen molar-refractivity contribution in [3.05, 3.63) is 41.0 Å². The van der Waals surface area contributed by atoms with Crippen molar-refractivity contribution in [2.24, 2.45) is 0 Å². The summed E-state index contributed by atoms with van der Waals surface area (Å²) in [5, 5.41) is 6.87. The first-order chi connectivity index (χ1) is 11.1. The Morgan fingerprint density at radius 2 is 1.83 bits per heavy atom. The Hall–Kier alpha value is -2.50. The number of carbonyl (C=O) groups excluding carboxylic acids is 1. The van der Waals surface area contributed by atoms with Crippen LogP contribution >= 0.6 is 0 Å². The van der Waals surface area contributed by atoms with Crippen LogP contribution in [0.15, 0.2) is 24.3 Å². The standard InChI is InChI=1S/C17H22N4O2/c1-23-16(22)11-5-7-12(8-6-11)17(9-3-2-4-10-17)13-14(18)20-21-15(13)19/h5-8H,2-4,9-10H2,1H3,(H5,18,19,20,21). The molecule has 0 spiro atoms. The quantitative estimate of drug-likeness (QED) is 0.755. The van der Waals surface area contributed by atoms with Crippen molar-refractivity contribution in [3.63, 3.8) is 0 Å². The molecule has 6 nitrogen and oxygen atoms in total. The van der Waals surface area contributed by atoms with Gasteiger partial charge in [0.05, 0.1) is 12.7 Å². The Morgan fingerprint density at radius 3 is 2.35 bits per heavy atom. The minimum Gasteiger partial charge on any atom is -0.465 e. The van der Waals surface area contributed by atoms with Crippen LogP contribution in [0.3, 0.4) is 0 Å². The first-order valence-corrected chi connectivity index (χ1v) is 7.87. The third-order valence-electron chi connectivity index (χ3n) is 4.87. The van der Waals surface area contributed by atoms with E-state index in [1.807, 2.05) is 12.1 Å². The van der Waals surface area contributed by atoms with Gasteiger partial charge >= 0.3 is 5.97 Å². The molecule has 1 aromatic carbocycles. The number of nitrogens with two attached hydrogens (primary N) is 2. The highest BCUT2D eigenvalue weighted by Crippen LogP contribution is 2.48. The maximum Gasteiger partial charge on any atom is 0.337 e. The zero-order chi connectivity index (χ0) is 16.4. The maximum atomic E-state index is 11.6. The third kappa shape index (κ3) is 2.54. The van der Waals surface area contributed by atoms with Gasteiger partial charge in [0, 0.05) is 11.0 Å². The van der Waals surface area contributed by atoms with Gasteiger partial charge in [-0.05, 0) is 30.5 Å². The molecule has 0 saturated heterocycles. The molecule has 0 bridgehead atoms. The van der Waals surface area contributed by atoms with Crippen LogP contribution in [0.4, 0.5) is 11.6 Å². The van der Waals surface area contributed by atoms with Crippen LogP contribution in [0.5, 0.6) is 0 Å². The van der Waals surface area contributed by atoms with Gasteiger partial charge in [-0.3, -0.25) is 5.10 Å². The van der Waals surface area contributed by atoms with E-state index in [0.29, 0.717) is 17.2 Å². The highest BCUT2D eigenvalue weighted by atomic mass is 16.5. The summed E-state index contributed by atoms with van der Waals surface area (Å²) in [4.78, 5) is 11.6. The van der Waals surface area contributed by atoms with Crippen molar-refractivity contribution >= 4 is 17.6 Å². The molecule has 1 saturated carbocycles. The van der Waals surface area contributed by atoms with Crippen molar-refractivity contribution < 1.29 is 9.53 Å². The van der Waals surface area contributed by atoms with Gasteiger partial charge < -0.3 is 16.2 Å². The van der Waals surface area contributed by atoms with Crippen LogP contribution in [-0.2, 0) is 10.2 Å². The smallest absolute Gasteiger partial charge is 0.337 e. The van der Waals surface area contributed by atoms with Crippen molar-refractivity contribution in [1.82, 2.24) is 10.2 Å². The van der Waals surface area contributed by atoms with E-state index in [0.717, 1.165) is 36.8 Å². The molecule has 1 aliphatic carbocycles. The van der Waals surface area contributed by atoms with Crippen LogP contribution in [0.1, 0.15) is 53.6 Å². The molecular formula is C17H22N4O2. The average molecular weight is 314 g/mol. The second-order valence-corrected chi connectivity index (χ2v) is 6.11. The predicted molar refractivity (Wildman–Crippen MR) is 89.1 cm³/mol. The molecular weight excluding hydrogens is 292 g/mol. The summed E-state index contributed by atoms with van der Waals surface area (Å²) in [5.74, 6) is 0.652. The molecule has 6 heteroatoms. The number of rotatable bonds is 3. The molecule has 23 heavy (non-hydrogen) atoms. The number of methoxy groups -OCH3 is 1.